The van der Waals surface area contributed by atoms with Gasteiger partial charge in [0.15, 0.2) is 0 Å². The number of sulfonamides is 1. The lowest BCUT2D eigenvalue weighted by Gasteiger charge is -2.38. The summed E-state index contributed by atoms with van der Waals surface area (Å²) in [5, 5.41) is 3.00. The second kappa shape index (κ2) is 7.80. The molecule has 0 spiro atoms. The second-order valence-electron chi connectivity index (χ2n) is 8.30. The number of amides is 1. The highest BCUT2D eigenvalue weighted by atomic mass is 32.2. The molecule has 3 rings (SSSR count). The minimum atomic E-state index is -3.73. The van der Waals surface area contributed by atoms with E-state index >= 15 is 0 Å². The Labute approximate surface area is 172 Å². The molecule has 0 radical (unpaired) electrons. The first-order valence-corrected chi connectivity index (χ1v) is 11.0. The van der Waals surface area contributed by atoms with Gasteiger partial charge in [0.2, 0.25) is 15.9 Å². The lowest BCUT2D eigenvalue weighted by atomic mass is 9.89. The molecule has 0 aromatic heterocycles. The Morgan fingerprint density at radius 3 is 2.41 bits per heavy atom. The number of rotatable bonds is 5. The number of carbonyl (C=O) groups is 1. The van der Waals surface area contributed by atoms with Gasteiger partial charge < -0.3 is 10.1 Å². The third-order valence-corrected chi connectivity index (χ3v) is 6.87. The van der Waals surface area contributed by atoms with Gasteiger partial charge in [0.1, 0.15) is 11.4 Å². The highest BCUT2D eigenvalue weighted by Crippen LogP contribution is 2.39. The van der Waals surface area contributed by atoms with E-state index in [0.29, 0.717) is 6.42 Å². The smallest absolute Gasteiger partial charge is 0.243 e. The first-order valence-electron chi connectivity index (χ1n) is 9.60. The summed E-state index contributed by atoms with van der Waals surface area (Å²) in [5.74, 6) is 0.399. The van der Waals surface area contributed by atoms with Gasteiger partial charge in [0.25, 0.3) is 0 Å². The molecule has 0 saturated heterocycles. The molecule has 1 atom stereocenters. The van der Waals surface area contributed by atoms with Crippen molar-refractivity contribution in [3.63, 3.8) is 0 Å². The van der Waals surface area contributed by atoms with Crippen molar-refractivity contribution in [3.05, 3.63) is 59.2 Å². The van der Waals surface area contributed by atoms with E-state index in [0.717, 1.165) is 26.7 Å². The molecule has 0 saturated carbocycles. The zero-order valence-electron chi connectivity index (χ0n) is 17.5. The van der Waals surface area contributed by atoms with Crippen molar-refractivity contribution in [1.29, 1.82) is 0 Å². The van der Waals surface area contributed by atoms with Crippen molar-refractivity contribution in [3.8, 4) is 5.75 Å². The molecule has 6 nitrogen and oxygen atoms in total. The third kappa shape index (κ3) is 4.79. The summed E-state index contributed by atoms with van der Waals surface area (Å²) in [6, 6.07) is 12.2. The van der Waals surface area contributed by atoms with Crippen molar-refractivity contribution >= 4 is 15.9 Å². The van der Waals surface area contributed by atoms with Crippen LogP contribution in [0.4, 0.5) is 0 Å². The molecule has 1 aliphatic heterocycles. The molecule has 2 aromatic rings. The molecule has 1 heterocycles. The summed E-state index contributed by atoms with van der Waals surface area (Å²) in [6.45, 7) is 7.57. The van der Waals surface area contributed by atoms with Gasteiger partial charge in [-0.2, -0.15) is 4.31 Å². The van der Waals surface area contributed by atoms with E-state index in [-0.39, 0.29) is 23.4 Å². The normalized spacial score (nSPS) is 18.1. The summed E-state index contributed by atoms with van der Waals surface area (Å²) in [4.78, 5) is 12.9. The minimum absolute atomic E-state index is 0.173. The van der Waals surface area contributed by atoms with E-state index in [1.807, 2.05) is 45.9 Å². The van der Waals surface area contributed by atoms with Crippen LogP contribution in [-0.4, -0.2) is 37.8 Å². The van der Waals surface area contributed by atoms with Gasteiger partial charge in [0, 0.05) is 19.0 Å². The quantitative estimate of drug-likeness (QED) is 0.811. The van der Waals surface area contributed by atoms with Crippen LogP contribution in [0.3, 0.4) is 0 Å². The third-order valence-electron chi connectivity index (χ3n) is 5.05. The monoisotopic (exact) mass is 416 g/mol. The van der Waals surface area contributed by atoms with Crippen molar-refractivity contribution in [1.82, 2.24) is 9.62 Å². The number of nitrogens with one attached hydrogen (secondary N) is 1. The number of nitrogens with zero attached hydrogens (tertiary/aromatic N) is 1. The first kappa shape index (κ1) is 21.3. The standard InChI is InChI=1S/C22H28N2O4S/c1-15-6-9-17(10-7-15)29(26,27)24(5)14-21(25)23-19-13-22(3,4)28-20-11-8-16(2)12-18(19)20/h6-12,19H,13-14H2,1-5H3,(H,23,25). The molecule has 1 aliphatic rings. The fraction of sp³-hybridized carbons (Fsp3) is 0.409. The van der Waals surface area contributed by atoms with Crippen molar-refractivity contribution < 1.29 is 17.9 Å². The van der Waals surface area contributed by atoms with E-state index in [2.05, 4.69) is 5.32 Å². The maximum absolute atomic E-state index is 12.7. The highest BCUT2D eigenvalue weighted by molar-refractivity contribution is 7.89. The maximum Gasteiger partial charge on any atom is 0.243 e. The summed E-state index contributed by atoms with van der Waals surface area (Å²) in [7, 11) is -2.32. The van der Waals surface area contributed by atoms with E-state index in [4.69, 9.17) is 4.74 Å². The van der Waals surface area contributed by atoms with Crippen LogP contribution in [0, 0.1) is 13.8 Å². The number of fused-ring (bicyclic) bond motifs is 1. The molecule has 0 bridgehead atoms. The minimum Gasteiger partial charge on any atom is -0.487 e. The van der Waals surface area contributed by atoms with E-state index in [1.54, 1.807) is 24.3 Å². The number of likely N-dealkylation sites (N-methyl/N-ethyl adjacent to an activating group) is 1. The van der Waals surface area contributed by atoms with E-state index in [9.17, 15) is 13.2 Å². The van der Waals surface area contributed by atoms with Crippen LogP contribution in [0.25, 0.3) is 0 Å². The van der Waals surface area contributed by atoms with Crippen LogP contribution in [-0.2, 0) is 14.8 Å². The van der Waals surface area contributed by atoms with Crippen LogP contribution in [0.1, 0.15) is 43.0 Å². The molecule has 1 N–H and O–H groups in total. The topological polar surface area (TPSA) is 75.7 Å². The van der Waals surface area contributed by atoms with Crippen LogP contribution in [0.15, 0.2) is 47.4 Å². The molecule has 1 amide bonds. The van der Waals surface area contributed by atoms with Gasteiger partial charge in [-0.1, -0.05) is 35.4 Å². The lowest BCUT2D eigenvalue weighted by molar-refractivity contribution is -0.122. The largest absolute Gasteiger partial charge is 0.487 e. The molecule has 0 aliphatic carbocycles. The predicted molar refractivity (Wildman–Crippen MR) is 112 cm³/mol. The van der Waals surface area contributed by atoms with Crippen molar-refractivity contribution in [2.75, 3.05) is 13.6 Å². The van der Waals surface area contributed by atoms with Gasteiger partial charge in [-0.05, 0) is 45.9 Å². The summed E-state index contributed by atoms with van der Waals surface area (Å²) in [6.07, 6.45) is 0.601. The lowest BCUT2D eigenvalue weighted by Crippen LogP contribution is -2.44. The van der Waals surface area contributed by atoms with Gasteiger partial charge >= 0.3 is 0 Å². The molecule has 0 fully saturated rings. The Morgan fingerprint density at radius 2 is 1.76 bits per heavy atom. The maximum atomic E-state index is 12.7. The van der Waals surface area contributed by atoms with Gasteiger partial charge in [0.05, 0.1) is 17.5 Å². The summed E-state index contributed by atoms with van der Waals surface area (Å²) < 4.78 is 32.6. The van der Waals surface area contributed by atoms with Crippen LogP contribution in [0.2, 0.25) is 0 Å². The summed E-state index contributed by atoms with van der Waals surface area (Å²) >= 11 is 0. The van der Waals surface area contributed by atoms with Crippen molar-refractivity contribution in [2.45, 2.75) is 50.7 Å². The number of hydrogen-bond acceptors (Lipinski definition) is 4. The molecule has 7 heteroatoms. The Hall–Kier alpha value is -2.38. The SMILES string of the molecule is Cc1ccc(S(=O)(=O)N(C)CC(=O)NC2CC(C)(C)Oc3ccc(C)cc32)cc1. The van der Waals surface area contributed by atoms with Gasteiger partial charge in [-0.15, -0.1) is 0 Å². The number of carbonyl (C=O) groups excluding carboxylic acids is 1. The number of aryl methyl sites for hydroxylation is 2. The Kier molecular flexibility index (Phi) is 5.74. The Balaban J connectivity index is 1.75. The van der Waals surface area contributed by atoms with E-state index < -0.39 is 15.6 Å². The predicted octanol–water partition coefficient (Wildman–Crippen LogP) is 3.34. The second-order valence-corrected chi connectivity index (χ2v) is 10.3. The Bertz CT molecular complexity index is 1010. The number of benzene rings is 2. The molecule has 1 unspecified atom stereocenters. The van der Waals surface area contributed by atoms with Gasteiger partial charge in [-0.3, -0.25) is 4.79 Å². The molecule has 2 aromatic carbocycles. The first-order chi connectivity index (χ1) is 13.5. The molecule has 29 heavy (non-hydrogen) atoms. The number of hydrogen-bond donors (Lipinski definition) is 1. The highest BCUT2D eigenvalue weighted by Gasteiger charge is 2.35. The molecular formula is C22H28N2O4S. The zero-order valence-corrected chi connectivity index (χ0v) is 18.3. The van der Waals surface area contributed by atoms with Crippen LogP contribution in [0.5, 0.6) is 5.75 Å². The van der Waals surface area contributed by atoms with Crippen molar-refractivity contribution in [2.24, 2.45) is 0 Å². The summed E-state index contributed by atoms with van der Waals surface area (Å²) in [5.41, 5.74) is 2.53. The fourth-order valence-electron chi connectivity index (χ4n) is 3.52. The van der Waals surface area contributed by atoms with Crippen LogP contribution >= 0.6 is 0 Å². The Morgan fingerprint density at radius 1 is 1.14 bits per heavy atom. The van der Waals surface area contributed by atoms with Crippen LogP contribution < -0.4 is 10.1 Å². The zero-order chi connectivity index (χ0) is 21.4. The van der Waals surface area contributed by atoms with Gasteiger partial charge in [-0.25, -0.2) is 8.42 Å². The fourth-order valence-corrected chi connectivity index (χ4v) is 4.65. The van der Waals surface area contributed by atoms with E-state index in [1.165, 1.54) is 7.05 Å². The number of ether oxygens (including phenoxy) is 1. The average Bonchev–Trinajstić information content (AvgIpc) is 2.62. The molecular weight excluding hydrogens is 388 g/mol. The molecule has 156 valence electrons. The average molecular weight is 417 g/mol.